The van der Waals surface area contributed by atoms with Gasteiger partial charge in [0.05, 0.1) is 0 Å². The molecular weight excluding hydrogens is 282 g/mol. The van der Waals surface area contributed by atoms with Crippen molar-refractivity contribution in [2.45, 2.75) is 6.23 Å². The van der Waals surface area contributed by atoms with Crippen LogP contribution in [0.1, 0.15) is 17.4 Å². The molecule has 4 rings (SSSR count). The van der Waals surface area contributed by atoms with Crippen molar-refractivity contribution in [3.63, 3.8) is 0 Å². The zero-order valence-corrected chi connectivity index (χ0v) is 11.6. The summed E-state index contributed by atoms with van der Waals surface area (Å²) < 4.78 is 16.0. The zero-order valence-electron chi connectivity index (χ0n) is 11.6. The van der Waals surface area contributed by atoms with E-state index < -0.39 is 6.23 Å². The highest BCUT2D eigenvalue weighted by Gasteiger charge is 2.29. The second kappa shape index (κ2) is 5.11. The van der Waals surface area contributed by atoms with E-state index in [1.807, 2.05) is 48.5 Å². The Morgan fingerprint density at radius 1 is 1.05 bits per heavy atom. The van der Waals surface area contributed by atoms with Gasteiger partial charge in [0.15, 0.2) is 17.7 Å². The van der Waals surface area contributed by atoms with Crippen LogP contribution in [0.4, 0.5) is 0 Å². The van der Waals surface area contributed by atoms with E-state index in [1.54, 1.807) is 6.08 Å². The molecule has 0 spiro atoms. The van der Waals surface area contributed by atoms with Gasteiger partial charge in [-0.1, -0.05) is 36.4 Å². The third-order valence-corrected chi connectivity index (χ3v) is 3.54. The Morgan fingerprint density at radius 2 is 1.86 bits per heavy atom. The van der Waals surface area contributed by atoms with Gasteiger partial charge in [-0.3, -0.25) is 0 Å². The van der Waals surface area contributed by atoms with Crippen LogP contribution < -0.4 is 14.8 Å². The Hall–Kier alpha value is -2.95. The van der Waals surface area contributed by atoms with Crippen molar-refractivity contribution in [3.8, 4) is 11.5 Å². The third kappa shape index (κ3) is 2.26. The maximum absolute atomic E-state index is 12.0. The number of carbonyl (C=O) groups excluding carboxylic acids is 1. The summed E-state index contributed by atoms with van der Waals surface area (Å²) >= 11 is 0. The van der Waals surface area contributed by atoms with E-state index in [0.717, 1.165) is 11.1 Å². The number of nitrogens with one attached hydrogen (secondary N) is 1. The largest absolute Gasteiger partial charge is 0.454 e. The van der Waals surface area contributed by atoms with E-state index >= 15 is 0 Å². The molecule has 0 aliphatic carbocycles. The Morgan fingerprint density at radius 3 is 2.73 bits per heavy atom. The van der Waals surface area contributed by atoms with Crippen LogP contribution in [-0.2, 0) is 9.53 Å². The fourth-order valence-corrected chi connectivity index (χ4v) is 2.45. The Labute approximate surface area is 127 Å². The number of hydrogen-bond acceptors (Lipinski definition) is 5. The average molecular weight is 295 g/mol. The van der Waals surface area contributed by atoms with Crippen molar-refractivity contribution in [2.75, 3.05) is 6.79 Å². The Bertz CT molecular complexity index is 755. The second-order valence-electron chi connectivity index (χ2n) is 5.01. The third-order valence-electron chi connectivity index (χ3n) is 3.54. The van der Waals surface area contributed by atoms with E-state index in [0.29, 0.717) is 17.2 Å². The molecule has 0 radical (unpaired) electrons. The van der Waals surface area contributed by atoms with Crippen LogP contribution in [-0.4, -0.2) is 12.8 Å². The molecular formula is C17H13NO4. The van der Waals surface area contributed by atoms with Gasteiger partial charge in [0.2, 0.25) is 6.79 Å². The molecule has 1 unspecified atom stereocenters. The summed E-state index contributed by atoms with van der Waals surface area (Å²) in [6.45, 7) is 0.228. The molecule has 2 aliphatic rings. The minimum Gasteiger partial charge on any atom is -0.454 e. The predicted octanol–water partition coefficient (Wildman–Crippen LogP) is 2.60. The lowest BCUT2D eigenvalue weighted by molar-refractivity contribution is -0.139. The van der Waals surface area contributed by atoms with E-state index in [2.05, 4.69) is 5.32 Å². The van der Waals surface area contributed by atoms with E-state index in [1.165, 1.54) is 0 Å². The molecule has 0 bridgehead atoms. The smallest absolute Gasteiger partial charge is 0.356 e. The molecule has 5 nitrogen and oxygen atoms in total. The van der Waals surface area contributed by atoms with Gasteiger partial charge in [0.25, 0.3) is 0 Å². The molecule has 2 aromatic carbocycles. The van der Waals surface area contributed by atoms with Gasteiger partial charge >= 0.3 is 5.97 Å². The van der Waals surface area contributed by atoms with Gasteiger partial charge in [0.1, 0.15) is 5.70 Å². The average Bonchev–Trinajstić information content (AvgIpc) is 3.15. The Balaban J connectivity index is 1.59. The Kier molecular flexibility index (Phi) is 2.96. The second-order valence-corrected chi connectivity index (χ2v) is 5.01. The molecule has 1 saturated heterocycles. The summed E-state index contributed by atoms with van der Waals surface area (Å²) in [6.07, 6.45) is 1.29. The quantitative estimate of drug-likeness (QED) is 0.682. The number of benzene rings is 2. The first kappa shape index (κ1) is 12.8. The summed E-state index contributed by atoms with van der Waals surface area (Å²) in [4.78, 5) is 12.0. The number of rotatable bonds is 2. The molecule has 1 N–H and O–H groups in total. The van der Waals surface area contributed by atoms with Crippen molar-refractivity contribution in [2.24, 2.45) is 0 Å². The summed E-state index contributed by atoms with van der Waals surface area (Å²) in [5.41, 5.74) is 2.18. The maximum atomic E-state index is 12.0. The van der Waals surface area contributed by atoms with Gasteiger partial charge in [-0.05, 0) is 23.8 Å². The van der Waals surface area contributed by atoms with Crippen molar-refractivity contribution < 1.29 is 19.0 Å². The van der Waals surface area contributed by atoms with Crippen LogP contribution in [0.25, 0.3) is 6.08 Å². The van der Waals surface area contributed by atoms with Crippen molar-refractivity contribution >= 4 is 12.0 Å². The van der Waals surface area contributed by atoms with E-state index in [9.17, 15) is 4.79 Å². The normalized spacial score (nSPS) is 20.8. The van der Waals surface area contributed by atoms with Crippen LogP contribution in [0.15, 0.2) is 54.2 Å². The van der Waals surface area contributed by atoms with E-state index in [4.69, 9.17) is 14.2 Å². The van der Waals surface area contributed by atoms with Crippen molar-refractivity contribution in [3.05, 3.63) is 65.4 Å². The summed E-state index contributed by atoms with van der Waals surface area (Å²) in [6, 6.07) is 15.1. The summed E-state index contributed by atoms with van der Waals surface area (Å²) in [5.74, 6) is 1.03. The van der Waals surface area contributed by atoms with Crippen LogP contribution in [0.2, 0.25) is 0 Å². The lowest BCUT2D eigenvalue weighted by Gasteiger charge is -2.08. The first-order valence-corrected chi connectivity index (χ1v) is 6.93. The minimum absolute atomic E-state index is 0.228. The molecule has 2 heterocycles. The molecule has 0 aromatic heterocycles. The summed E-state index contributed by atoms with van der Waals surface area (Å²) in [5, 5.41) is 3.09. The molecule has 110 valence electrons. The van der Waals surface area contributed by atoms with Gasteiger partial charge in [-0.2, -0.15) is 0 Å². The van der Waals surface area contributed by atoms with Gasteiger partial charge < -0.3 is 19.5 Å². The molecule has 2 aromatic rings. The predicted molar refractivity (Wildman–Crippen MR) is 79.0 cm³/mol. The number of fused-ring (bicyclic) bond motifs is 1. The van der Waals surface area contributed by atoms with E-state index in [-0.39, 0.29) is 12.8 Å². The van der Waals surface area contributed by atoms with Crippen LogP contribution >= 0.6 is 0 Å². The number of ether oxygens (including phenoxy) is 3. The molecule has 22 heavy (non-hydrogen) atoms. The number of hydrogen-bond donors (Lipinski definition) is 1. The van der Waals surface area contributed by atoms with Crippen molar-refractivity contribution in [1.82, 2.24) is 5.32 Å². The van der Waals surface area contributed by atoms with Crippen LogP contribution in [0, 0.1) is 0 Å². The van der Waals surface area contributed by atoms with Crippen LogP contribution in [0.5, 0.6) is 11.5 Å². The highest BCUT2D eigenvalue weighted by atomic mass is 16.7. The molecule has 5 heteroatoms. The standard InChI is InChI=1S/C17H13NO4/c19-17-13(18-16(22-17)12-4-2-1-3-5-12)8-11-6-7-14-15(9-11)21-10-20-14/h1-9,16,18H,10H2/b13-8+. The number of cyclic esters (lactones) is 1. The zero-order chi connectivity index (χ0) is 14.9. The van der Waals surface area contributed by atoms with Gasteiger partial charge in [-0.15, -0.1) is 0 Å². The number of carbonyl (C=O) groups is 1. The molecule has 1 atom stereocenters. The lowest BCUT2D eigenvalue weighted by atomic mass is 10.1. The molecule has 0 saturated carbocycles. The summed E-state index contributed by atoms with van der Waals surface area (Å²) in [7, 11) is 0. The fraction of sp³-hybridized carbons (Fsp3) is 0.118. The van der Waals surface area contributed by atoms with Gasteiger partial charge in [0, 0.05) is 5.56 Å². The molecule has 0 amide bonds. The molecule has 2 aliphatic heterocycles. The number of esters is 1. The minimum atomic E-state index is -0.450. The molecule has 1 fully saturated rings. The van der Waals surface area contributed by atoms with Crippen LogP contribution in [0.3, 0.4) is 0 Å². The highest BCUT2D eigenvalue weighted by molar-refractivity contribution is 5.95. The lowest BCUT2D eigenvalue weighted by Crippen LogP contribution is -2.12. The van der Waals surface area contributed by atoms with Gasteiger partial charge in [-0.25, -0.2) is 4.79 Å². The first-order chi connectivity index (χ1) is 10.8. The highest BCUT2D eigenvalue weighted by Crippen LogP contribution is 2.33. The SMILES string of the molecule is O=C1OC(c2ccccc2)N/C1=C/c1ccc2c(c1)OCO2. The monoisotopic (exact) mass is 295 g/mol. The fourth-order valence-electron chi connectivity index (χ4n) is 2.45. The van der Waals surface area contributed by atoms with Crippen molar-refractivity contribution in [1.29, 1.82) is 0 Å². The first-order valence-electron chi connectivity index (χ1n) is 6.93. The maximum Gasteiger partial charge on any atom is 0.356 e. The topological polar surface area (TPSA) is 56.8 Å².